The molecule has 9 heteroatoms. The maximum atomic E-state index is 10.2. The Hall–Kier alpha value is -2.94. The quantitative estimate of drug-likeness (QED) is 0.689. The summed E-state index contributed by atoms with van der Waals surface area (Å²) in [6.45, 7) is 1.21. The van der Waals surface area contributed by atoms with E-state index in [9.17, 15) is 5.11 Å². The maximum Gasteiger partial charge on any atom is 0.153 e. The van der Waals surface area contributed by atoms with Gasteiger partial charge in [0, 0.05) is 39.4 Å². The maximum absolute atomic E-state index is 10.2. The third-order valence-electron chi connectivity index (χ3n) is 4.62. The fourth-order valence-electron chi connectivity index (χ4n) is 3.32. The topological polar surface area (TPSA) is 94.7 Å². The summed E-state index contributed by atoms with van der Waals surface area (Å²) in [5.41, 5.74) is 0.925. The minimum atomic E-state index is -0.377. The molecule has 0 aromatic carbocycles. The molecular formula is C17H22N8O. The molecule has 0 bridgehead atoms. The molecule has 0 unspecified atom stereocenters. The smallest absolute Gasteiger partial charge is 0.153 e. The van der Waals surface area contributed by atoms with Crippen LogP contribution in [0.2, 0.25) is 0 Å². The van der Waals surface area contributed by atoms with E-state index >= 15 is 0 Å². The van der Waals surface area contributed by atoms with Crippen LogP contribution in [0.4, 0.5) is 17.5 Å². The molecule has 2 atom stereocenters. The molecule has 4 rings (SSSR count). The molecule has 9 nitrogen and oxygen atoms in total. The number of aromatic nitrogens is 5. The van der Waals surface area contributed by atoms with Crippen molar-refractivity contribution >= 4 is 23.0 Å². The van der Waals surface area contributed by atoms with Crippen LogP contribution in [0, 0.1) is 0 Å². The van der Waals surface area contributed by atoms with Crippen LogP contribution in [0.25, 0.3) is 5.52 Å². The molecule has 1 aliphatic heterocycles. The van der Waals surface area contributed by atoms with E-state index in [4.69, 9.17) is 0 Å². The number of nitrogens with zero attached hydrogens (tertiary/aromatic N) is 7. The number of aliphatic hydroxyl groups excluding tert-OH is 1. The third kappa shape index (κ3) is 3.13. The van der Waals surface area contributed by atoms with E-state index < -0.39 is 0 Å². The lowest BCUT2D eigenvalue weighted by Crippen LogP contribution is -2.36. The Labute approximate surface area is 151 Å². The van der Waals surface area contributed by atoms with Gasteiger partial charge in [0.1, 0.15) is 29.8 Å². The highest BCUT2D eigenvalue weighted by molar-refractivity contribution is 5.67. The van der Waals surface area contributed by atoms with Crippen molar-refractivity contribution in [1.29, 1.82) is 0 Å². The van der Waals surface area contributed by atoms with Crippen molar-refractivity contribution in [3.05, 3.63) is 37.1 Å². The van der Waals surface area contributed by atoms with Crippen LogP contribution in [-0.4, -0.2) is 69.0 Å². The van der Waals surface area contributed by atoms with Crippen molar-refractivity contribution in [1.82, 2.24) is 24.6 Å². The third-order valence-corrected chi connectivity index (χ3v) is 4.62. The van der Waals surface area contributed by atoms with Crippen molar-refractivity contribution in [3.8, 4) is 0 Å². The number of β-amino-alcohol motifs (C(OH)–C–C–N with tert-alkyl or cyclic N) is 1. The van der Waals surface area contributed by atoms with Gasteiger partial charge in [0.25, 0.3) is 0 Å². The molecule has 0 aliphatic carbocycles. The Morgan fingerprint density at radius 1 is 1.27 bits per heavy atom. The number of aliphatic hydroxyl groups is 1. The fraction of sp³-hybridized carbons (Fsp3) is 0.412. The average molecular weight is 354 g/mol. The molecule has 2 N–H and O–H groups in total. The number of nitrogens with one attached hydrogen (secondary N) is 1. The molecule has 4 heterocycles. The number of hydrogen-bond donors (Lipinski definition) is 2. The highest BCUT2D eigenvalue weighted by Gasteiger charge is 2.32. The van der Waals surface area contributed by atoms with Crippen LogP contribution < -0.4 is 15.1 Å². The summed E-state index contributed by atoms with van der Waals surface area (Å²) in [5.74, 6) is 2.44. The molecule has 0 spiro atoms. The number of hydrogen-bond acceptors (Lipinski definition) is 8. The van der Waals surface area contributed by atoms with E-state index in [1.807, 2.05) is 43.4 Å². The van der Waals surface area contributed by atoms with Gasteiger partial charge in [0.15, 0.2) is 5.82 Å². The predicted molar refractivity (Wildman–Crippen MR) is 99.6 cm³/mol. The SMILES string of the molecule is CN(C)c1cc(N2C[C@H](O)C[C@@H]2CNc2ncnn3cccc23)ncn1. The van der Waals surface area contributed by atoms with Crippen LogP contribution in [0.15, 0.2) is 37.1 Å². The fourth-order valence-corrected chi connectivity index (χ4v) is 3.32. The van der Waals surface area contributed by atoms with Gasteiger partial charge in [-0.1, -0.05) is 0 Å². The number of rotatable bonds is 5. The summed E-state index contributed by atoms with van der Waals surface area (Å²) in [6.07, 6.45) is 5.28. The lowest BCUT2D eigenvalue weighted by molar-refractivity contribution is 0.194. The van der Waals surface area contributed by atoms with Gasteiger partial charge in [0.05, 0.1) is 12.1 Å². The van der Waals surface area contributed by atoms with E-state index in [0.717, 1.165) is 23.0 Å². The van der Waals surface area contributed by atoms with Gasteiger partial charge in [-0.25, -0.2) is 19.5 Å². The van der Waals surface area contributed by atoms with Gasteiger partial charge in [-0.15, -0.1) is 0 Å². The molecule has 0 saturated carbocycles. The molecule has 0 radical (unpaired) electrons. The Balaban J connectivity index is 1.53. The van der Waals surface area contributed by atoms with Crippen molar-refractivity contribution in [2.45, 2.75) is 18.6 Å². The van der Waals surface area contributed by atoms with Crippen LogP contribution in [-0.2, 0) is 0 Å². The molecule has 1 fully saturated rings. The lowest BCUT2D eigenvalue weighted by Gasteiger charge is -2.26. The summed E-state index contributed by atoms with van der Waals surface area (Å²) >= 11 is 0. The van der Waals surface area contributed by atoms with Crippen LogP contribution >= 0.6 is 0 Å². The van der Waals surface area contributed by atoms with Gasteiger partial charge in [-0.3, -0.25) is 0 Å². The lowest BCUT2D eigenvalue weighted by atomic mass is 10.2. The summed E-state index contributed by atoms with van der Waals surface area (Å²) in [7, 11) is 3.89. The number of anilines is 3. The molecule has 1 aliphatic rings. The van der Waals surface area contributed by atoms with Crippen molar-refractivity contribution in [3.63, 3.8) is 0 Å². The molecule has 0 amide bonds. The molecule has 3 aromatic rings. The Morgan fingerprint density at radius 3 is 3.00 bits per heavy atom. The van der Waals surface area contributed by atoms with Gasteiger partial charge in [-0.2, -0.15) is 5.10 Å². The monoisotopic (exact) mass is 354 g/mol. The highest BCUT2D eigenvalue weighted by Crippen LogP contribution is 2.26. The Bertz CT molecular complexity index is 895. The van der Waals surface area contributed by atoms with Gasteiger partial charge >= 0.3 is 0 Å². The zero-order valence-electron chi connectivity index (χ0n) is 14.8. The van der Waals surface area contributed by atoms with E-state index in [1.165, 1.54) is 6.33 Å². The first-order chi connectivity index (χ1) is 12.6. The minimum absolute atomic E-state index is 0.111. The second-order valence-corrected chi connectivity index (χ2v) is 6.65. The zero-order valence-corrected chi connectivity index (χ0v) is 14.8. The second-order valence-electron chi connectivity index (χ2n) is 6.65. The van der Waals surface area contributed by atoms with E-state index in [2.05, 4.69) is 30.3 Å². The van der Waals surface area contributed by atoms with Crippen LogP contribution in [0.5, 0.6) is 0 Å². The van der Waals surface area contributed by atoms with Gasteiger partial charge < -0.3 is 20.2 Å². The van der Waals surface area contributed by atoms with E-state index in [0.29, 0.717) is 19.5 Å². The highest BCUT2D eigenvalue weighted by atomic mass is 16.3. The van der Waals surface area contributed by atoms with E-state index in [-0.39, 0.29) is 12.1 Å². The first kappa shape index (κ1) is 16.5. The zero-order chi connectivity index (χ0) is 18.1. The molecular weight excluding hydrogens is 332 g/mol. The van der Waals surface area contributed by atoms with Crippen molar-refractivity contribution < 1.29 is 5.11 Å². The molecule has 1 saturated heterocycles. The minimum Gasteiger partial charge on any atom is -0.391 e. The van der Waals surface area contributed by atoms with E-state index in [1.54, 1.807) is 10.8 Å². The van der Waals surface area contributed by atoms with Crippen molar-refractivity contribution in [2.24, 2.45) is 0 Å². The average Bonchev–Trinajstić information content (AvgIpc) is 3.26. The Morgan fingerprint density at radius 2 is 2.15 bits per heavy atom. The largest absolute Gasteiger partial charge is 0.391 e. The number of fused-ring (bicyclic) bond motifs is 1. The first-order valence-electron chi connectivity index (χ1n) is 8.58. The Kier molecular flexibility index (Phi) is 4.29. The predicted octanol–water partition coefficient (Wildman–Crippen LogP) is 0.637. The summed E-state index contributed by atoms with van der Waals surface area (Å²) < 4.78 is 1.78. The normalized spacial score (nSPS) is 19.9. The van der Waals surface area contributed by atoms with Crippen LogP contribution in [0.1, 0.15) is 6.42 Å². The summed E-state index contributed by atoms with van der Waals surface area (Å²) in [6, 6.07) is 5.96. The second kappa shape index (κ2) is 6.75. The van der Waals surface area contributed by atoms with Gasteiger partial charge in [0.2, 0.25) is 0 Å². The first-order valence-corrected chi connectivity index (χ1v) is 8.58. The van der Waals surface area contributed by atoms with Gasteiger partial charge in [-0.05, 0) is 18.6 Å². The summed E-state index contributed by atoms with van der Waals surface area (Å²) in [4.78, 5) is 17.1. The molecule has 136 valence electrons. The van der Waals surface area contributed by atoms with Crippen LogP contribution in [0.3, 0.4) is 0 Å². The molecule has 3 aromatic heterocycles. The summed E-state index contributed by atoms with van der Waals surface area (Å²) in [5, 5.41) is 17.8. The van der Waals surface area contributed by atoms with Crippen molar-refractivity contribution in [2.75, 3.05) is 42.3 Å². The molecule has 26 heavy (non-hydrogen) atoms. The standard InChI is InChI=1S/C17H22N8O/c1-23(2)15-7-16(20-10-19-15)24-9-13(26)6-12(24)8-18-17-14-4-3-5-25(14)22-11-21-17/h3-5,7,10-13,26H,6,8-9H2,1-2H3,(H,18,21,22)/t12-,13-/m1/s1.